The van der Waals surface area contributed by atoms with Crippen LogP contribution in [0.25, 0.3) is 0 Å². The Morgan fingerprint density at radius 2 is 2.04 bits per heavy atom. The fraction of sp³-hybridized carbons (Fsp3) is 0.294. The average Bonchev–Trinajstić information content (AvgIpc) is 3.02. The summed E-state index contributed by atoms with van der Waals surface area (Å²) in [5.74, 6) is -0.433. The number of esters is 1. The van der Waals surface area contributed by atoms with E-state index >= 15 is 0 Å². The molecule has 1 N–H and O–H groups in total. The Hall–Kier alpha value is -2.18. The number of benzene rings is 1. The lowest BCUT2D eigenvalue weighted by molar-refractivity contribution is -0.117. The number of nitrogens with one attached hydrogen (secondary N) is 1. The molecule has 1 aliphatic rings. The SMILES string of the molecule is COC(=O)c1ccc(NC(=O)CN2CCc3sccc3C2)cc1. The minimum atomic E-state index is -0.386. The second-order valence-corrected chi connectivity index (χ2v) is 6.45. The number of ether oxygens (including phenoxy) is 1. The fourth-order valence-corrected chi connectivity index (χ4v) is 3.54. The number of carbonyl (C=O) groups is 2. The summed E-state index contributed by atoms with van der Waals surface area (Å²) in [5, 5.41) is 4.97. The van der Waals surface area contributed by atoms with Crippen molar-refractivity contribution in [2.24, 2.45) is 0 Å². The molecular weight excluding hydrogens is 312 g/mol. The Morgan fingerprint density at radius 1 is 1.26 bits per heavy atom. The highest BCUT2D eigenvalue weighted by Gasteiger charge is 2.19. The first-order valence-electron chi connectivity index (χ1n) is 7.41. The molecule has 0 atom stereocenters. The van der Waals surface area contributed by atoms with Gasteiger partial charge in [-0.3, -0.25) is 9.69 Å². The predicted molar refractivity (Wildman–Crippen MR) is 89.7 cm³/mol. The van der Waals surface area contributed by atoms with E-state index in [1.165, 1.54) is 17.6 Å². The van der Waals surface area contributed by atoms with Crippen LogP contribution in [0.5, 0.6) is 0 Å². The molecule has 3 rings (SSSR count). The van der Waals surface area contributed by atoms with Crippen molar-refractivity contribution in [2.75, 3.05) is 25.5 Å². The van der Waals surface area contributed by atoms with Gasteiger partial charge in [0.15, 0.2) is 0 Å². The third kappa shape index (κ3) is 3.78. The van der Waals surface area contributed by atoms with Crippen molar-refractivity contribution >= 4 is 28.9 Å². The molecule has 0 saturated heterocycles. The van der Waals surface area contributed by atoms with Crippen LogP contribution in [-0.4, -0.2) is 37.0 Å². The smallest absolute Gasteiger partial charge is 0.337 e. The van der Waals surface area contributed by atoms with Gasteiger partial charge in [0.05, 0.1) is 19.2 Å². The lowest BCUT2D eigenvalue weighted by Crippen LogP contribution is -2.36. The van der Waals surface area contributed by atoms with E-state index in [4.69, 9.17) is 0 Å². The molecule has 23 heavy (non-hydrogen) atoms. The normalized spacial score (nSPS) is 14.1. The molecule has 1 aliphatic heterocycles. The Balaban J connectivity index is 1.54. The standard InChI is InChI=1S/C17H18N2O3S/c1-22-17(21)12-2-4-14(5-3-12)18-16(20)11-19-8-6-15-13(10-19)7-9-23-15/h2-5,7,9H,6,8,10-11H2,1H3,(H,18,20). The van der Waals surface area contributed by atoms with Crippen LogP contribution in [-0.2, 0) is 22.5 Å². The molecule has 0 fully saturated rings. The van der Waals surface area contributed by atoms with Gasteiger partial charge in [0.1, 0.15) is 0 Å². The van der Waals surface area contributed by atoms with Crippen molar-refractivity contribution in [3.05, 3.63) is 51.7 Å². The van der Waals surface area contributed by atoms with Gasteiger partial charge in [0.25, 0.3) is 0 Å². The number of hydrogen-bond acceptors (Lipinski definition) is 5. The van der Waals surface area contributed by atoms with Gasteiger partial charge in [0, 0.05) is 23.7 Å². The summed E-state index contributed by atoms with van der Waals surface area (Å²) in [6.07, 6.45) is 1.01. The molecule has 120 valence electrons. The average molecular weight is 330 g/mol. The molecule has 0 unspecified atom stereocenters. The van der Waals surface area contributed by atoms with Crippen molar-refractivity contribution in [3.63, 3.8) is 0 Å². The van der Waals surface area contributed by atoms with Gasteiger partial charge < -0.3 is 10.1 Å². The number of nitrogens with zero attached hydrogens (tertiary/aromatic N) is 1. The number of carbonyl (C=O) groups excluding carboxylic acids is 2. The monoisotopic (exact) mass is 330 g/mol. The van der Waals surface area contributed by atoms with Gasteiger partial charge in [-0.1, -0.05) is 0 Å². The molecule has 0 spiro atoms. The molecule has 0 aliphatic carbocycles. The molecule has 1 aromatic heterocycles. The summed E-state index contributed by atoms with van der Waals surface area (Å²) in [5.41, 5.74) is 2.47. The lowest BCUT2D eigenvalue weighted by atomic mass is 10.1. The molecule has 6 heteroatoms. The van der Waals surface area contributed by atoms with Crippen LogP contribution in [0.4, 0.5) is 5.69 Å². The molecule has 1 amide bonds. The second kappa shape index (κ2) is 6.93. The molecule has 2 heterocycles. The topological polar surface area (TPSA) is 58.6 Å². The minimum absolute atomic E-state index is 0.0468. The lowest BCUT2D eigenvalue weighted by Gasteiger charge is -2.26. The van der Waals surface area contributed by atoms with Crippen LogP contribution in [0, 0.1) is 0 Å². The van der Waals surface area contributed by atoms with E-state index in [0.717, 1.165) is 19.5 Å². The molecule has 2 aromatic rings. The number of fused-ring (bicyclic) bond motifs is 1. The maximum absolute atomic E-state index is 12.2. The zero-order chi connectivity index (χ0) is 16.2. The van der Waals surface area contributed by atoms with Crippen molar-refractivity contribution < 1.29 is 14.3 Å². The van der Waals surface area contributed by atoms with E-state index in [1.54, 1.807) is 35.6 Å². The summed E-state index contributed by atoms with van der Waals surface area (Å²) in [4.78, 5) is 27.1. The second-order valence-electron chi connectivity index (χ2n) is 5.45. The maximum Gasteiger partial charge on any atom is 0.337 e. The predicted octanol–water partition coefficient (Wildman–Crippen LogP) is 2.53. The third-order valence-corrected chi connectivity index (χ3v) is 4.87. The Morgan fingerprint density at radius 3 is 2.78 bits per heavy atom. The van der Waals surface area contributed by atoms with E-state index in [0.29, 0.717) is 17.8 Å². The number of methoxy groups -OCH3 is 1. The summed E-state index contributed by atoms with van der Waals surface area (Å²) >= 11 is 1.79. The van der Waals surface area contributed by atoms with Crippen LogP contribution in [0.15, 0.2) is 35.7 Å². The van der Waals surface area contributed by atoms with E-state index in [2.05, 4.69) is 26.4 Å². The van der Waals surface area contributed by atoms with E-state index in [9.17, 15) is 9.59 Å². The van der Waals surface area contributed by atoms with Crippen LogP contribution in [0.3, 0.4) is 0 Å². The maximum atomic E-state index is 12.2. The van der Waals surface area contributed by atoms with E-state index < -0.39 is 0 Å². The van der Waals surface area contributed by atoms with Crippen molar-refractivity contribution in [2.45, 2.75) is 13.0 Å². The first-order valence-corrected chi connectivity index (χ1v) is 8.29. The van der Waals surface area contributed by atoms with Crippen LogP contribution in [0.1, 0.15) is 20.8 Å². The van der Waals surface area contributed by atoms with E-state index in [1.807, 2.05) is 0 Å². The molecular formula is C17H18N2O3S. The summed E-state index contributed by atoms with van der Waals surface area (Å²) in [6.45, 7) is 2.10. The molecule has 1 aromatic carbocycles. The van der Waals surface area contributed by atoms with Crippen LogP contribution < -0.4 is 5.32 Å². The third-order valence-electron chi connectivity index (χ3n) is 3.84. The summed E-state index contributed by atoms with van der Waals surface area (Å²) < 4.78 is 4.65. The zero-order valence-corrected chi connectivity index (χ0v) is 13.7. The Labute approximate surface area is 138 Å². The summed E-state index contributed by atoms with van der Waals surface area (Å²) in [6, 6.07) is 8.82. The van der Waals surface area contributed by atoms with Gasteiger partial charge in [-0.05, 0) is 47.7 Å². The van der Waals surface area contributed by atoms with Crippen molar-refractivity contribution in [1.82, 2.24) is 4.90 Å². The van der Waals surface area contributed by atoms with Gasteiger partial charge >= 0.3 is 5.97 Å². The van der Waals surface area contributed by atoms with Crippen LogP contribution in [0.2, 0.25) is 0 Å². The highest BCUT2D eigenvalue weighted by Crippen LogP contribution is 2.23. The molecule has 0 saturated carbocycles. The molecule has 0 bridgehead atoms. The van der Waals surface area contributed by atoms with Gasteiger partial charge in [0.2, 0.25) is 5.91 Å². The quantitative estimate of drug-likeness (QED) is 0.875. The highest BCUT2D eigenvalue weighted by molar-refractivity contribution is 7.10. The number of rotatable bonds is 4. The highest BCUT2D eigenvalue weighted by atomic mass is 32.1. The van der Waals surface area contributed by atoms with E-state index in [-0.39, 0.29) is 11.9 Å². The van der Waals surface area contributed by atoms with Gasteiger partial charge in [-0.15, -0.1) is 11.3 Å². The number of amides is 1. The first-order chi connectivity index (χ1) is 11.2. The first kappa shape index (κ1) is 15.7. The Bertz CT molecular complexity index is 709. The number of thiophene rings is 1. The fourth-order valence-electron chi connectivity index (χ4n) is 2.65. The number of hydrogen-bond donors (Lipinski definition) is 1. The van der Waals surface area contributed by atoms with Gasteiger partial charge in [-0.25, -0.2) is 4.79 Å². The number of anilines is 1. The van der Waals surface area contributed by atoms with Crippen molar-refractivity contribution in [1.29, 1.82) is 0 Å². The van der Waals surface area contributed by atoms with Crippen molar-refractivity contribution in [3.8, 4) is 0 Å². The summed E-state index contributed by atoms with van der Waals surface area (Å²) in [7, 11) is 1.34. The molecule has 5 nitrogen and oxygen atoms in total. The van der Waals surface area contributed by atoms with Crippen LogP contribution >= 0.6 is 11.3 Å². The Kier molecular flexibility index (Phi) is 4.73. The molecule has 0 radical (unpaired) electrons. The minimum Gasteiger partial charge on any atom is -0.465 e. The largest absolute Gasteiger partial charge is 0.465 e. The van der Waals surface area contributed by atoms with Gasteiger partial charge in [-0.2, -0.15) is 0 Å². The zero-order valence-electron chi connectivity index (χ0n) is 12.9.